The molecule has 120 valence electrons. The van der Waals surface area contributed by atoms with Crippen molar-refractivity contribution in [1.82, 2.24) is 19.8 Å². The molecular weight excluding hydrogens is 280 g/mol. The minimum Gasteiger partial charge on any atom is -0.379 e. The third-order valence-electron chi connectivity index (χ3n) is 4.57. The van der Waals surface area contributed by atoms with E-state index in [1.165, 1.54) is 0 Å². The number of amides is 1. The summed E-state index contributed by atoms with van der Waals surface area (Å²) in [6.45, 7) is 11.1. The van der Waals surface area contributed by atoms with Crippen molar-refractivity contribution in [3.8, 4) is 0 Å². The van der Waals surface area contributed by atoms with Crippen molar-refractivity contribution in [2.45, 2.75) is 32.7 Å². The molecule has 0 atom stereocenters. The molecule has 1 amide bonds. The lowest BCUT2D eigenvalue weighted by Gasteiger charge is -2.44. The Morgan fingerprint density at radius 2 is 2.00 bits per heavy atom. The van der Waals surface area contributed by atoms with Gasteiger partial charge < -0.3 is 9.64 Å². The molecule has 0 spiro atoms. The molecule has 0 unspecified atom stereocenters. The Morgan fingerprint density at radius 1 is 1.27 bits per heavy atom. The normalized spacial score (nSPS) is 20.1. The SMILES string of the molecule is Cc1ncc2c(n1)CCN(CC(C)(C)N1CCOCC1)C2=O. The van der Waals surface area contributed by atoms with Crippen molar-refractivity contribution in [1.29, 1.82) is 0 Å². The third-order valence-corrected chi connectivity index (χ3v) is 4.57. The molecule has 2 aliphatic heterocycles. The Hall–Kier alpha value is -1.53. The number of aromatic nitrogens is 2. The van der Waals surface area contributed by atoms with Crippen LogP contribution in [0.15, 0.2) is 6.20 Å². The fraction of sp³-hybridized carbons (Fsp3) is 0.688. The molecular formula is C16H24N4O2. The smallest absolute Gasteiger partial charge is 0.257 e. The summed E-state index contributed by atoms with van der Waals surface area (Å²) in [5.74, 6) is 0.788. The van der Waals surface area contributed by atoms with E-state index < -0.39 is 0 Å². The molecule has 3 heterocycles. The second-order valence-electron chi connectivity index (χ2n) is 6.67. The second kappa shape index (κ2) is 5.93. The Kier molecular flexibility index (Phi) is 4.14. The van der Waals surface area contributed by atoms with E-state index >= 15 is 0 Å². The maximum absolute atomic E-state index is 12.7. The minimum absolute atomic E-state index is 0.0531. The van der Waals surface area contributed by atoms with Crippen LogP contribution in [-0.2, 0) is 11.2 Å². The van der Waals surface area contributed by atoms with Crippen LogP contribution in [0.5, 0.6) is 0 Å². The molecule has 3 rings (SSSR count). The van der Waals surface area contributed by atoms with Gasteiger partial charge in [-0.25, -0.2) is 9.97 Å². The van der Waals surface area contributed by atoms with Crippen LogP contribution in [0.1, 0.15) is 35.7 Å². The summed E-state index contributed by atoms with van der Waals surface area (Å²) in [6, 6.07) is 0. The topological polar surface area (TPSA) is 58.6 Å². The van der Waals surface area contributed by atoms with E-state index in [0.29, 0.717) is 5.56 Å². The highest BCUT2D eigenvalue weighted by Gasteiger charge is 2.34. The highest BCUT2D eigenvalue weighted by molar-refractivity contribution is 5.96. The van der Waals surface area contributed by atoms with Crippen LogP contribution < -0.4 is 0 Å². The van der Waals surface area contributed by atoms with E-state index in [9.17, 15) is 4.79 Å². The molecule has 22 heavy (non-hydrogen) atoms. The molecule has 6 nitrogen and oxygen atoms in total. The van der Waals surface area contributed by atoms with Crippen molar-refractivity contribution in [3.63, 3.8) is 0 Å². The van der Waals surface area contributed by atoms with Crippen LogP contribution in [0.3, 0.4) is 0 Å². The first-order valence-electron chi connectivity index (χ1n) is 7.92. The molecule has 0 saturated carbocycles. The Balaban J connectivity index is 1.73. The van der Waals surface area contributed by atoms with E-state index in [-0.39, 0.29) is 11.4 Å². The quantitative estimate of drug-likeness (QED) is 0.830. The summed E-state index contributed by atoms with van der Waals surface area (Å²) in [7, 11) is 0. The zero-order valence-corrected chi connectivity index (χ0v) is 13.6. The standard InChI is InChI=1S/C16H24N4O2/c1-12-17-10-13-14(18-12)4-5-19(15(13)21)11-16(2,3)20-6-8-22-9-7-20/h10H,4-9,11H2,1-3H3. The highest BCUT2D eigenvalue weighted by atomic mass is 16.5. The first kappa shape index (κ1) is 15.4. The van der Waals surface area contributed by atoms with Gasteiger partial charge in [0, 0.05) is 44.3 Å². The average molecular weight is 304 g/mol. The zero-order chi connectivity index (χ0) is 15.7. The van der Waals surface area contributed by atoms with Crippen molar-refractivity contribution in [2.24, 2.45) is 0 Å². The van der Waals surface area contributed by atoms with Crippen molar-refractivity contribution >= 4 is 5.91 Å². The van der Waals surface area contributed by atoms with Gasteiger partial charge in [0.1, 0.15) is 5.82 Å². The lowest BCUT2D eigenvalue weighted by Crippen LogP contribution is -2.57. The Morgan fingerprint density at radius 3 is 2.73 bits per heavy atom. The number of ether oxygens (including phenoxy) is 1. The average Bonchev–Trinajstić information content (AvgIpc) is 2.51. The van der Waals surface area contributed by atoms with Gasteiger partial charge >= 0.3 is 0 Å². The number of carbonyl (C=O) groups excluding carboxylic acids is 1. The largest absolute Gasteiger partial charge is 0.379 e. The second-order valence-corrected chi connectivity index (χ2v) is 6.67. The van der Waals surface area contributed by atoms with Gasteiger partial charge in [0.15, 0.2) is 0 Å². The summed E-state index contributed by atoms with van der Waals surface area (Å²) in [6.07, 6.45) is 2.48. The molecule has 0 radical (unpaired) electrons. The molecule has 0 aliphatic carbocycles. The van der Waals surface area contributed by atoms with Gasteiger partial charge in [-0.2, -0.15) is 0 Å². The maximum Gasteiger partial charge on any atom is 0.257 e. The van der Waals surface area contributed by atoms with Crippen LogP contribution in [0.4, 0.5) is 0 Å². The highest BCUT2D eigenvalue weighted by Crippen LogP contribution is 2.22. The molecule has 2 aliphatic rings. The number of nitrogens with zero attached hydrogens (tertiary/aromatic N) is 4. The van der Waals surface area contributed by atoms with Crippen LogP contribution in [0, 0.1) is 6.92 Å². The Bertz CT molecular complexity index is 567. The van der Waals surface area contributed by atoms with Gasteiger partial charge in [-0.1, -0.05) is 0 Å². The van der Waals surface area contributed by atoms with Crippen LogP contribution >= 0.6 is 0 Å². The first-order chi connectivity index (χ1) is 10.5. The molecule has 1 fully saturated rings. The van der Waals surface area contributed by atoms with E-state index in [1.807, 2.05) is 11.8 Å². The predicted octanol–water partition coefficient (Wildman–Crippen LogP) is 0.894. The number of fused-ring (bicyclic) bond motifs is 1. The summed E-state index contributed by atoms with van der Waals surface area (Å²) in [5, 5.41) is 0. The summed E-state index contributed by atoms with van der Waals surface area (Å²) in [5.41, 5.74) is 1.50. The number of rotatable bonds is 3. The fourth-order valence-electron chi connectivity index (χ4n) is 3.29. The van der Waals surface area contributed by atoms with Crippen LogP contribution in [0.2, 0.25) is 0 Å². The first-order valence-corrected chi connectivity index (χ1v) is 7.92. The van der Waals surface area contributed by atoms with Crippen LogP contribution in [0.25, 0.3) is 0 Å². The molecule has 0 aromatic carbocycles. The summed E-state index contributed by atoms with van der Waals surface area (Å²) < 4.78 is 5.42. The number of hydrogen-bond acceptors (Lipinski definition) is 5. The van der Waals surface area contributed by atoms with Gasteiger partial charge in [0.25, 0.3) is 5.91 Å². The molecule has 6 heteroatoms. The zero-order valence-electron chi connectivity index (χ0n) is 13.6. The number of carbonyl (C=O) groups is 1. The van der Waals surface area contributed by atoms with Gasteiger partial charge in [-0.15, -0.1) is 0 Å². The molecule has 0 N–H and O–H groups in total. The maximum atomic E-state index is 12.7. The van der Waals surface area contributed by atoms with E-state index in [2.05, 4.69) is 28.7 Å². The monoisotopic (exact) mass is 304 g/mol. The molecule has 1 aromatic rings. The third kappa shape index (κ3) is 2.98. The fourth-order valence-corrected chi connectivity index (χ4v) is 3.29. The van der Waals surface area contributed by atoms with Gasteiger partial charge in [-0.05, 0) is 20.8 Å². The molecule has 1 aromatic heterocycles. The van der Waals surface area contributed by atoms with E-state index in [1.54, 1.807) is 6.20 Å². The van der Waals surface area contributed by atoms with Gasteiger partial charge in [0.05, 0.1) is 24.5 Å². The molecule has 1 saturated heterocycles. The minimum atomic E-state index is -0.0531. The summed E-state index contributed by atoms with van der Waals surface area (Å²) >= 11 is 0. The Labute approximate surface area is 131 Å². The summed E-state index contributed by atoms with van der Waals surface area (Å²) in [4.78, 5) is 25.6. The lowest BCUT2D eigenvalue weighted by atomic mass is 9.98. The van der Waals surface area contributed by atoms with Crippen molar-refractivity contribution < 1.29 is 9.53 Å². The predicted molar refractivity (Wildman–Crippen MR) is 82.8 cm³/mol. The van der Waals surface area contributed by atoms with Crippen molar-refractivity contribution in [2.75, 3.05) is 39.4 Å². The number of morpholine rings is 1. The van der Waals surface area contributed by atoms with Crippen molar-refractivity contribution in [3.05, 3.63) is 23.3 Å². The number of aryl methyl sites for hydroxylation is 1. The molecule has 0 bridgehead atoms. The van der Waals surface area contributed by atoms with Crippen LogP contribution in [-0.4, -0.2) is 70.6 Å². The van der Waals surface area contributed by atoms with E-state index in [4.69, 9.17) is 4.74 Å². The van der Waals surface area contributed by atoms with Gasteiger partial charge in [0.2, 0.25) is 0 Å². The lowest BCUT2D eigenvalue weighted by molar-refractivity contribution is -0.0202. The number of hydrogen-bond donors (Lipinski definition) is 0. The van der Waals surface area contributed by atoms with E-state index in [0.717, 1.165) is 57.3 Å². The van der Waals surface area contributed by atoms with Gasteiger partial charge in [-0.3, -0.25) is 9.69 Å².